The fourth-order valence-corrected chi connectivity index (χ4v) is 6.02. The van der Waals surface area contributed by atoms with Gasteiger partial charge in [0.25, 0.3) is 10.0 Å². The summed E-state index contributed by atoms with van der Waals surface area (Å²) >= 11 is 0. The molecule has 1 aliphatic rings. The number of hydrogen-bond acceptors (Lipinski definition) is 4. The Labute approximate surface area is 207 Å². The highest BCUT2D eigenvalue weighted by Crippen LogP contribution is 2.35. The van der Waals surface area contributed by atoms with Crippen molar-refractivity contribution in [1.82, 2.24) is 9.31 Å². The van der Waals surface area contributed by atoms with Crippen LogP contribution in [0.5, 0.6) is 0 Å². The zero-order valence-electron chi connectivity index (χ0n) is 19.6. The van der Waals surface area contributed by atoms with Crippen molar-refractivity contribution >= 4 is 15.7 Å². The number of benzene rings is 4. The second kappa shape index (κ2) is 10.4. The van der Waals surface area contributed by atoms with Crippen LogP contribution in [0.15, 0.2) is 120 Å². The summed E-state index contributed by atoms with van der Waals surface area (Å²) < 4.78 is 28.7. The number of para-hydroxylation sites is 1. The second-order valence-corrected chi connectivity index (χ2v) is 10.6. The van der Waals surface area contributed by atoms with Gasteiger partial charge in [0.1, 0.15) is 0 Å². The minimum Gasteiger partial charge on any atom is -0.293 e. The first-order valence-electron chi connectivity index (χ1n) is 11.8. The van der Waals surface area contributed by atoms with Gasteiger partial charge >= 0.3 is 0 Å². The highest BCUT2D eigenvalue weighted by Gasteiger charge is 2.36. The van der Waals surface area contributed by atoms with Gasteiger partial charge in [0.05, 0.1) is 17.1 Å². The molecule has 0 atom stereocenters. The summed E-state index contributed by atoms with van der Waals surface area (Å²) in [5, 5.41) is 1.93. The lowest BCUT2D eigenvalue weighted by molar-refractivity contribution is 0.250. The zero-order chi connectivity index (χ0) is 24.1. The predicted molar refractivity (Wildman–Crippen MR) is 140 cm³/mol. The maximum Gasteiger partial charge on any atom is 0.260 e. The molecule has 0 fully saturated rings. The van der Waals surface area contributed by atoms with Gasteiger partial charge in [-0.2, -0.15) is 0 Å². The molecule has 6 heteroatoms. The number of nitrogens with zero attached hydrogens (tertiary/aromatic N) is 3. The standard InChI is InChI=1S/C29H29N3O2S/c33-35(34,28-17-8-3-9-18-28)32-24-27-16-10-11-19-29(27)31(32)21-20-30(22-25-12-4-1-5-13-25)23-26-14-6-2-7-15-26/h1-19H,20-24H2. The van der Waals surface area contributed by atoms with Crippen molar-refractivity contribution in [3.05, 3.63) is 132 Å². The summed E-state index contributed by atoms with van der Waals surface area (Å²) in [6, 6.07) is 37.5. The molecule has 0 bridgehead atoms. The maximum absolute atomic E-state index is 13.6. The normalized spacial score (nSPS) is 13.8. The summed E-state index contributed by atoms with van der Waals surface area (Å²) in [6.45, 7) is 3.18. The number of rotatable bonds is 9. The molecule has 0 unspecified atom stereocenters. The Balaban J connectivity index is 1.41. The molecule has 0 saturated carbocycles. The van der Waals surface area contributed by atoms with Crippen LogP contribution in [0.4, 0.5) is 5.69 Å². The fraction of sp³-hybridized carbons (Fsp3) is 0.172. The lowest BCUT2D eigenvalue weighted by Gasteiger charge is -2.32. The third-order valence-corrected chi connectivity index (χ3v) is 8.04. The van der Waals surface area contributed by atoms with E-state index in [1.807, 2.05) is 47.5 Å². The van der Waals surface area contributed by atoms with Gasteiger partial charge in [-0.3, -0.25) is 9.91 Å². The lowest BCUT2D eigenvalue weighted by atomic mass is 10.1. The van der Waals surface area contributed by atoms with E-state index in [1.165, 1.54) is 15.5 Å². The van der Waals surface area contributed by atoms with Crippen LogP contribution in [-0.2, 0) is 29.7 Å². The average molecular weight is 484 g/mol. The predicted octanol–water partition coefficient (Wildman–Crippen LogP) is 5.31. The monoisotopic (exact) mass is 483 g/mol. The molecule has 0 N–H and O–H groups in total. The molecule has 0 saturated heterocycles. The Hall–Kier alpha value is -3.45. The third kappa shape index (κ3) is 5.30. The van der Waals surface area contributed by atoms with E-state index in [0.29, 0.717) is 24.5 Å². The Bertz CT molecular complexity index is 1310. The molecule has 0 spiro atoms. The topological polar surface area (TPSA) is 43.9 Å². The average Bonchev–Trinajstić information content (AvgIpc) is 3.28. The first-order valence-corrected chi connectivity index (χ1v) is 13.3. The summed E-state index contributed by atoms with van der Waals surface area (Å²) in [5.41, 5.74) is 4.44. The van der Waals surface area contributed by atoms with Gasteiger partial charge < -0.3 is 0 Å². The van der Waals surface area contributed by atoms with Crippen molar-refractivity contribution in [3.63, 3.8) is 0 Å². The van der Waals surface area contributed by atoms with E-state index in [4.69, 9.17) is 0 Å². The number of sulfonamides is 1. The van der Waals surface area contributed by atoms with Gasteiger partial charge in [0.2, 0.25) is 0 Å². The van der Waals surface area contributed by atoms with E-state index in [0.717, 1.165) is 24.3 Å². The number of hydrazine groups is 1. The molecule has 1 heterocycles. The van der Waals surface area contributed by atoms with Crippen LogP contribution in [-0.4, -0.2) is 30.8 Å². The van der Waals surface area contributed by atoms with Gasteiger partial charge in [0.15, 0.2) is 0 Å². The number of fused-ring (bicyclic) bond motifs is 1. The molecular weight excluding hydrogens is 454 g/mol. The summed E-state index contributed by atoms with van der Waals surface area (Å²) in [7, 11) is -3.68. The fourth-order valence-electron chi connectivity index (χ4n) is 4.54. The van der Waals surface area contributed by atoms with Crippen molar-refractivity contribution in [3.8, 4) is 0 Å². The second-order valence-electron chi connectivity index (χ2n) is 8.73. The van der Waals surface area contributed by atoms with E-state index in [1.54, 1.807) is 24.3 Å². The van der Waals surface area contributed by atoms with Crippen molar-refractivity contribution in [2.24, 2.45) is 0 Å². The Kier molecular flexibility index (Phi) is 6.95. The summed E-state index contributed by atoms with van der Waals surface area (Å²) in [4.78, 5) is 2.68. The van der Waals surface area contributed by atoms with E-state index in [9.17, 15) is 8.42 Å². The first kappa shape index (κ1) is 23.3. The minimum atomic E-state index is -3.68. The SMILES string of the molecule is O=S(=O)(c1ccccc1)N1Cc2ccccc2N1CCN(Cc1ccccc1)Cc1ccccc1. The van der Waals surface area contributed by atoms with Crippen molar-refractivity contribution in [2.75, 3.05) is 18.1 Å². The molecule has 4 aromatic rings. The van der Waals surface area contributed by atoms with E-state index in [-0.39, 0.29) is 0 Å². The third-order valence-electron chi connectivity index (χ3n) is 6.29. The van der Waals surface area contributed by atoms with Crippen LogP contribution in [0.2, 0.25) is 0 Å². The quantitative estimate of drug-likeness (QED) is 0.323. The number of anilines is 1. The Morgan fingerprint density at radius 2 is 1.17 bits per heavy atom. The Morgan fingerprint density at radius 3 is 1.77 bits per heavy atom. The molecule has 5 rings (SSSR count). The molecule has 0 radical (unpaired) electrons. The van der Waals surface area contributed by atoms with Crippen LogP contribution in [0, 0.1) is 0 Å². The number of hydrogen-bond donors (Lipinski definition) is 0. The minimum absolute atomic E-state index is 0.309. The van der Waals surface area contributed by atoms with Gasteiger partial charge in [0, 0.05) is 26.2 Å². The highest BCUT2D eigenvalue weighted by atomic mass is 32.2. The molecular formula is C29H29N3O2S. The van der Waals surface area contributed by atoms with Crippen molar-refractivity contribution in [1.29, 1.82) is 0 Å². The maximum atomic E-state index is 13.6. The molecule has 0 amide bonds. The van der Waals surface area contributed by atoms with Crippen LogP contribution in [0.3, 0.4) is 0 Å². The summed E-state index contributed by atoms with van der Waals surface area (Å²) in [5.74, 6) is 0. The molecule has 4 aromatic carbocycles. The van der Waals surface area contributed by atoms with Crippen molar-refractivity contribution < 1.29 is 8.42 Å². The van der Waals surface area contributed by atoms with Gasteiger partial charge in [-0.15, -0.1) is 4.41 Å². The molecule has 35 heavy (non-hydrogen) atoms. The van der Waals surface area contributed by atoms with Gasteiger partial charge in [-0.25, -0.2) is 8.42 Å². The molecule has 0 aliphatic carbocycles. The molecule has 1 aliphatic heterocycles. The van der Waals surface area contributed by atoms with E-state index >= 15 is 0 Å². The summed E-state index contributed by atoms with van der Waals surface area (Å²) in [6.07, 6.45) is 0. The van der Waals surface area contributed by atoms with Crippen LogP contribution >= 0.6 is 0 Å². The van der Waals surface area contributed by atoms with Crippen LogP contribution < -0.4 is 5.01 Å². The smallest absolute Gasteiger partial charge is 0.260 e. The van der Waals surface area contributed by atoms with Gasteiger partial charge in [-0.1, -0.05) is 97.1 Å². The molecule has 5 nitrogen and oxygen atoms in total. The van der Waals surface area contributed by atoms with Crippen molar-refractivity contribution in [2.45, 2.75) is 24.5 Å². The first-order chi connectivity index (χ1) is 17.1. The van der Waals surface area contributed by atoms with Gasteiger partial charge in [-0.05, 0) is 34.9 Å². The molecule has 178 valence electrons. The Morgan fingerprint density at radius 1 is 0.657 bits per heavy atom. The highest BCUT2D eigenvalue weighted by molar-refractivity contribution is 7.89. The zero-order valence-corrected chi connectivity index (χ0v) is 20.4. The van der Waals surface area contributed by atoms with Crippen LogP contribution in [0.1, 0.15) is 16.7 Å². The largest absolute Gasteiger partial charge is 0.293 e. The molecule has 0 aromatic heterocycles. The van der Waals surface area contributed by atoms with E-state index < -0.39 is 10.0 Å². The lowest BCUT2D eigenvalue weighted by Crippen LogP contribution is -2.45. The van der Waals surface area contributed by atoms with Crippen LogP contribution in [0.25, 0.3) is 0 Å². The van der Waals surface area contributed by atoms with E-state index in [2.05, 4.69) is 53.4 Å².